The van der Waals surface area contributed by atoms with E-state index in [2.05, 4.69) is 43.3 Å². The van der Waals surface area contributed by atoms with Crippen LogP contribution in [0.1, 0.15) is 92.9 Å². The number of benzene rings is 3. The van der Waals surface area contributed by atoms with E-state index in [1.54, 1.807) is 13.0 Å². The van der Waals surface area contributed by atoms with Crippen LogP contribution >= 0.6 is 0 Å². The summed E-state index contributed by atoms with van der Waals surface area (Å²) in [7, 11) is 0. The summed E-state index contributed by atoms with van der Waals surface area (Å²) in [5.74, 6) is -1.16. The largest absolute Gasteiger partial charge is 0.486 e. The highest BCUT2D eigenvalue weighted by Crippen LogP contribution is 2.40. The number of hydrogen-bond acceptors (Lipinski definition) is 2. The maximum atomic E-state index is 14.3. The molecule has 4 heteroatoms. The summed E-state index contributed by atoms with van der Waals surface area (Å²) >= 11 is 0. The average molecular weight is 505 g/mol. The van der Waals surface area contributed by atoms with Gasteiger partial charge in [0.1, 0.15) is 6.61 Å². The lowest BCUT2D eigenvalue weighted by Gasteiger charge is -2.29. The number of halogens is 2. The highest BCUT2D eigenvalue weighted by molar-refractivity contribution is 5.36. The molecule has 0 amide bonds. The fourth-order valence-electron chi connectivity index (χ4n) is 5.20. The lowest BCUT2D eigenvalue weighted by atomic mass is 9.76. The molecule has 3 aromatic carbocycles. The molecule has 0 saturated heterocycles. The summed E-state index contributed by atoms with van der Waals surface area (Å²) in [5.41, 5.74) is 5.20. The second kappa shape index (κ2) is 13.4. The van der Waals surface area contributed by atoms with E-state index in [4.69, 9.17) is 9.47 Å². The Bertz CT molecular complexity index is 1140. The van der Waals surface area contributed by atoms with Crippen LogP contribution < -0.4 is 9.47 Å². The van der Waals surface area contributed by atoms with Crippen LogP contribution in [0.2, 0.25) is 0 Å². The number of rotatable bonds is 11. The van der Waals surface area contributed by atoms with Crippen LogP contribution in [-0.4, -0.2) is 0 Å². The summed E-state index contributed by atoms with van der Waals surface area (Å²) in [6.07, 6.45) is 12.7. The summed E-state index contributed by atoms with van der Waals surface area (Å²) in [6.45, 7) is 4.15. The van der Waals surface area contributed by atoms with Crippen molar-refractivity contribution in [2.24, 2.45) is 0 Å². The van der Waals surface area contributed by atoms with E-state index < -0.39 is 11.6 Å². The molecule has 1 aliphatic rings. The Balaban J connectivity index is 1.27. The molecule has 0 heterocycles. The average Bonchev–Trinajstić information content (AvgIpc) is 2.94. The van der Waals surface area contributed by atoms with Crippen LogP contribution in [0, 0.1) is 11.6 Å². The highest BCUT2D eigenvalue weighted by atomic mass is 19.2. The van der Waals surface area contributed by atoms with Crippen molar-refractivity contribution in [1.29, 1.82) is 0 Å². The smallest absolute Gasteiger partial charge is 0.205 e. The Morgan fingerprint density at radius 2 is 1.27 bits per heavy atom. The van der Waals surface area contributed by atoms with Gasteiger partial charge in [-0.15, -0.1) is 0 Å². The van der Waals surface area contributed by atoms with Crippen molar-refractivity contribution in [1.82, 2.24) is 0 Å². The second-order valence-corrected chi connectivity index (χ2v) is 10.1. The first-order valence-electron chi connectivity index (χ1n) is 13.6. The van der Waals surface area contributed by atoms with Gasteiger partial charge in [-0.3, -0.25) is 0 Å². The zero-order valence-corrected chi connectivity index (χ0v) is 22.0. The van der Waals surface area contributed by atoms with E-state index in [0.29, 0.717) is 11.8 Å². The zero-order valence-electron chi connectivity index (χ0n) is 22.0. The van der Waals surface area contributed by atoms with Gasteiger partial charge in [0, 0.05) is 0 Å². The lowest BCUT2D eigenvalue weighted by molar-refractivity contribution is 0.281. The molecule has 0 spiro atoms. The summed E-state index contributed by atoms with van der Waals surface area (Å²) < 4.78 is 39.1. The molecule has 0 bridgehead atoms. The first kappa shape index (κ1) is 26.9. The van der Waals surface area contributed by atoms with Gasteiger partial charge in [0.25, 0.3) is 0 Å². The monoisotopic (exact) mass is 504 g/mol. The van der Waals surface area contributed by atoms with Gasteiger partial charge in [0.2, 0.25) is 11.6 Å². The zero-order chi connectivity index (χ0) is 26.0. The van der Waals surface area contributed by atoms with Gasteiger partial charge in [-0.25, -0.2) is 0 Å². The van der Waals surface area contributed by atoms with Gasteiger partial charge < -0.3 is 9.47 Å². The van der Waals surface area contributed by atoms with E-state index in [1.165, 1.54) is 86.5 Å². The van der Waals surface area contributed by atoms with Crippen molar-refractivity contribution in [3.05, 3.63) is 107 Å². The predicted octanol–water partition coefficient (Wildman–Crippen LogP) is 9.63. The predicted molar refractivity (Wildman–Crippen MR) is 146 cm³/mol. The van der Waals surface area contributed by atoms with E-state index in [-0.39, 0.29) is 18.1 Å². The lowest BCUT2D eigenvalue weighted by Crippen LogP contribution is -2.12. The number of aryl methyl sites for hydroxylation is 1. The molecule has 0 radical (unpaired) electrons. The molecule has 1 fully saturated rings. The maximum Gasteiger partial charge on any atom is 0.205 e. The minimum atomic E-state index is -1.05. The maximum absolute atomic E-state index is 14.3. The molecule has 0 aromatic heterocycles. The minimum Gasteiger partial charge on any atom is -0.486 e. The third-order valence-electron chi connectivity index (χ3n) is 7.44. The fourth-order valence-corrected chi connectivity index (χ4v) is 5.20. The molecule has 4 rings (SSSR count). The van der Waals surface area contributed by atoms with E-state index in [1.807, 2.05) is 12.1 Å². The van der Waals surface area contributed by atoms with Gasteiger partial charge in [0.15, 0.2) is 11.5 Å². The van der Waals surface area contributed by atoms with Gasteiger partial charge in [0.05, 0.1) is 6.26 Å². The Morgan fingerprint density at radius 3 is 1.84 bits per heavy atom. The number of ether oxygens (including phenoxy) is 2. The first-order valence-corrected chi connectivity index (χ1v) is 13.6. The topological polar surface area (TPSA) is 18.5 Å². The van der Waals surface area contributed by atoms with Gasteiger partial charge in [-0.05, 0) is 91.7 Å². The Kier molecular flexibility index (Phi) is 9.76. The van der Waals surface area contributed by atoms with Crippen molar-refractivity contribution in [3.63, 3.8) is 0 Å². The number of unbranched alkanes of at least 4 members (excludes halogenated alkanes) is 2. The normalized spacial score (nSPS) is 17.7. The summed E-state index contributed by atoms with van der Waals surface area (Å²) in [4.78, 5) is 0. The van der Waals surface area contributed by atoms with Crippen LogP contribution in [0.3, 0.4) is 0 Å². The molecule has 1 aliphatic carbocycles. The third kappa shape index (κ3) is 7.21. The molecule has 0 atom stereocenters. The Labute approximate surface area is 220 Å². The summed E-state index contributed by atoms with van der Waals surface area (Å²) in [5, 5.41) is 0. The van der Waals surface area contributed by atoms with E-state index in [9.17, 15) is 8.78 Å². The standard InChI is InChI=1S/C33H38F2O2/c1-3-5-6-7-24-8-12-26(13-9-24)28-16-18-29(19-17-28)27-14-10-25(11-15-27)23-37-31-21-20-30(36-22-4-2)32(34)33(31)35/h4,8-15,20-22,28-29H,3,5-7,16-19,23H2,1-2H3. The molecule has 0 aliphatic heterocycles. The molecule has 37 heavy (non-hydrogen) atoms. The SMILES string of the molecule is CC=COc1ccc(OCc2ccc(C3CCC(c4ccc(CCCCC)cc4)CC3)cc2)c(F)c1F. The van der Waals surface area contributed by atoms with E-state index >= 15 is 0 Å². The van der Waals surface area contributed by atoms with Crippen molar-refractivity contribution in [3.8, 4) is 11.5 Å². The van der Waals surface area contributed by atoms with E-state index in [0.717, 1.165) is 5.56 Å². The quantitative estimate of drug-likeness (QED) is 0.191. The Morgan fingerprint density at radius 1 is 0.730 bits per heavy atom. The van der Waals surface area contributed by atoms with Crippen molar-refractivity contribution in [2.45, 2.75) is 83.7 Å². The van der Waals surface area contributed by atoms with Crippen LogP contribution in [-0.2, 0) is 13.0 Å². The minimum absolute atomic E-state index is 0.123. The van der Waals surface area contributed by atoms with Crippen molar-refractivity contribution < 1.29 is 18.3 Å². The highest BCUT2D eigenvalue weighted by Gasteiger charge is 2.23. The molecular formula is C33H38F2O2. The Hall–Kier alpha value is -3.14. The molecular weight excluding hydrogens is 466 g/mol. The molecule has 196 valence electrons. The molecule has 1 saturated carbocycles. The molecule has 0 unspecified atom stereocenters. The number of hydrogen-bond donors (Lipinski definition) is 0. The number of allylic oxidation sites excluding steroid dienone is 1. The third-order valence-corrected chi connectivity index (χ3v) is 7.44. The first-order chi connectivity index (χ1) is 18.1. The van der Waals surface area contributed by atoms with Gasteiger partial charge in [-0.2, -0.15) is 8.78 Å². The van der Waals surface area contributed by atoms with Crippen LogP contribution in [0.4, 0.5) is 8.78 Å². The summed E-state index contributed by atoms with van der Waals surface area (Å²) in [6, 6.07) is 20.5. The van der Waals surface area contributed by atoms with Gasteiger partial charge in [-0.1, -0.05) is 74.4 Å². The second-order valence-electron chi connectivity index (χ2n) is 10.1. The van der Waals surface area contributed by atoms with Crippen LogP contribution in [0.15, 0.2) is 73.0 Å². The fraction of sp³-hybridized carbons (Fsp3) is 0.394. The van der Waals surface area contributed by atoms with Gasteiger partial charge >= 0.3 is 0 Å². The van der Waals surface area contributed by atoms with Crippen molar-refractivity contribution >= 4 is 0 Å². The van der Waals surface area contributed by atoms with Crippen molar-refractivity contribution in [2.75, 3.05) is 0 Å². The van der Waals surface area contributed by atoms with Crippen LogP contribution in [0.25, 0.3) is 0 Å². The molecule has 3 aromatic rings. The van der Waals surface area contributed by atoms with Crippen LogP contribution in [0.5, 0.6) is 11.5 Å². The molecule has 0 N–H and O–H groups in total. The molecule has 2 nitrogen and oxygen atoms in total.